The van der Waals surface area contributed by atoms with Gasteiger partial charge in [0.2, 0.25) is 12.3 Å². The van der Waals surface area contributed by atoms with Crippen LogP contribution in [0.3, 0.4) is 0 Å². The first kappa shape index (κ1) is 25.2. The fraction of sp³-hybridized carbons (Fsp3) is 0.680. The largest absolute Gasteiger partial charge is 0.369 e. The van der Waals surface area contributed by atoms with Gasteiger partial charge in [0.1, 0.15) is 5.82 Å². The lowest BCUT2D eigenvalue weighted by Gasteiger charge is -2.33. The molecule has 0 bridgehead atoms. The lowest BCUT2D eigenvalue weighted by atomic mass is 9.94. The maximum absolute atomic E-state index is 14.2. The van der Waals surface area contributed by atoms with Gasteiger partial charge in [-0.1, -0.05) is 40.0 Å². The quantitative estimate of drug-likeness (QED) is 0.607. The van der Waals surface area contributed by atoms with Gasteiger partial charge in [-0.05, 0) is 56.7 Å². The summed E-state index contributed by atoms with van der Waals surface area (Å²) in [6, 6.07) is 5.50. The fourth-order valence-electron chi connectivity index (χ4n) is 4.37. The maximum atomic E-state index is 14.2. The van der Waals surface area contributed by atoms with Gasteiger partial charge >= 0.3 is 0 Å². The highest BCUT2D eigenvalue weighted by molar-refractivity contribution is 5.92. The van der Waals surface area contributed by atoms with Gasteiger partial charge in [-0.15, -0.1) is 0 Å². The van der Waals surface area contributed by atoms with E-state index in [-0.39, 0.29) is 17.6 Å². The van der Waals surface area contributed by atoms with E-state index in [9.17, 15) is 14.0 Å². The SMILES string of the molecule is CC1CCCN(c2ccc(NC(=O)C(C)C)cc2F)C1.CCN(C=O)C1CCCCC1. The third-order valence-electron chi connectivity index (χ3n) is 6.28. The summed E-state index contributed by atoms with van der Waals surface area (Å²) in [4.78, 5) is 26.2. The molecule has 6 heteroatoms. The number of amides is 2. The van der Waals surface area contributed by atoms with Crippen LogP contribution in [0.1, 0.15) is 72.6 Å². The summed E-state index contributed by atoms with van der Waals surface area (Å²) in [5.74, 6) is 0.133. The number of benzene rings is 1. The Morgan fingerprint density at radius 3 is 2.48 bits per heavy atom. The van der Waals surface area contributed by atoms with Crippen molar-refractivity contribution in [1.29, 1.82) is 0 Å². The number of carbonyl (C=O) groups excluding carboxylic acids is 2. The Morgan fingerprint density at radius 2 is 1.94 bits per heavy atom. The third kappa shape index (κ3) is 7.82. The number of halogens is 1. The van der Waals surface area contributed by atoms with Gasteiger partial charge in [0.15, 0.2) is 0 Å². The maximum Gasteiger partial charge on any atom is 0.226 e. The molecule has 31 heavy (non-hydrogen) atoms. The molecule has 1 aliphatic carbocycles. The van der Waals surface area contributed by atoms with Gasteiger partial charge in [-0.25, -0.2) is 4.39 Å². The highest BCUT2D eigenvalue weighted by atomic mass is 19.1. The van der Waals surface area contributed by atoms with Crippen LogP contribution in [0.5, 0.6) is 0 Å². The molecule has 1 aromatic carbocycles. The number of nitrogens with zero attached hydrogens (tertiary/aromatic N) is 2. The first-order chi connectivity index (χ1) is 14.8. The van der Waals surface area contributed by atoms with Gasteiger partial charge in [0, 0.05) is 37.3 Å². The van der Waals surface area contributed by atoms with E-state index in [1.165, 1.54) is 44.6 Å². The average Bonchev–Trinajstić information content (AvgIpc) is 2.76. The summed E-state index contributed by atoms with van der Waals surface area (Å²) in [5.41, 5.74) is 1.16. The van der Waals surface area contributed by atoms with Crippen LogP contribution >= 0.6 is 0 Å². The topological polar surface area (TPSA) is 52.7 Å². The molecular formula is C25H40FN3O2. The predicted molar refractivity (Wildman–Crippen MR) is 126 cm³/mol. The molecule has 0 spiro atoms. The first-order valence-electron chi connectivity index (χ1n) is 11.9. The molecule has 0 radical (unpaired) electrons. The highest BCUT2D eigenvalue weighted by Crippen LogP contribution is 2.27. The van der Waals surface area contributed by atoms with Crippen molar-refractivity contribution >= 4 is 23.7 Å². The minimum atomic E-state index is -0.263. The third-order valence-corrected chi connectivity index (χ3v) is 6.28. The molecule has 2 fully saturated rings. The zero-order valence-electron chi connectivity index (χ0n) is 19.7. The van der Waals surface area contributed by atoms with E-state index in [0.717, 1.165) is 32.5 Å². The number of anilines is 2. The Labute approximate surface area is 187 Å². The molecule has 3 rings (SSSR count). The van der Waals surface area contributed by atoms with Crippen LogP contribution in [0.15, 0.2) is 18.2 Å². The number of hydrogen-bond acceptors (Lipinski definition) is 3. The molecule has 1 unspecified atom stereocenters. The molecule has 1 atom stereocenters. The second-order valence-corrected chi connectivity index (χ2v) is 9.23. The molecule has 1 aliphatic heterocycles. The monoisotopic (exact) mass is 433 g/mol. The second-order valence-electron chi connectivity index (χ2n) is 9.23. The zero-order valence-corrected chi connectivity index (χ0v) is 19.7. The normalized spacial score (nSPS) is 19.4. The average molecular weight is 434 g/mol. The molecule has 1 heterocycles. The van der Waals surface area contributed by atoms with Crippen molar-refractivity contribution in [2.75, 3.05) is 29.9 Å². The van der Waals surface area contributed by atoms with Crippen molar-refractivity contribution in [2.45, 2.75) is 78.7 Å². The molecule has 1 aromatic rings. The van der Waals surface area contributed by atoms with E-state index in [0.29, 0.717) is 23.3 Å². The molecule has 174 valence electrons. The van der Waals surface area contributed by atoms with E-state index in [1.54, 1.807) is 12.1 Å². The van der Waals surface area contributed by atoms with Crippen LogP contribution in [0.2, 0.25) is 0 Å². The van der Waals surface area contributed by atoms with E-state index in [4.69, 9.17) is 0 Å². The summed E-state index contributed by atoms with van der Waals surface area (Å²) in [5, 5.41) is 2.72. The number of nitrogens with one attached hydrogen (secondary N) is 1. The van der Waals surface area contributed by atoms with Crippen LogP contribution in [0, 0.1) is 17.7 Å². The van der Waals surface area contributed by atoms with Gasteiger partial charge < -0.3 is 15.1 Å². The molecule has 0 aromatic heterocycles. The number of hydrogen-bond donors (Lipinski definition) is 1. The molecule has 5 nitrogen and oxygen atoms in total. The van der Waals surface area contributed by atoms with Gasteiger partial charge in [-0.2, -0.15) is 0 Å². The molecule has 1 saturated carbocycles. The zero-order chi connectivity index (χ0) is 22.8. The smallest absolute Gasteiger partial charge is 0.226 e. The van der Waals surface area contributed by atoms with E-state index in [1.807, 2.05) is 25.7 Å². The molecule has 1 N–H and O–H groups in total. The Bertz CT molecular complexity index is 704. The Balaban J connectivity index is 0.000000262. The van der Waals surface area contributed by atoms with Crippen molar-refractivity contribution in [3.05, 3.63) is 24.0 Å². The molecular weight excluding hydrogens is 393 g/mol. The predicted octanol–water partition coefficient (Wildman–Crippen LogP) is 5.45. The molecule has 1 saturated heterocycles. The van der Waals surface area contributed by atoms with Crippen molar-refractivity contribution in [2.24, 2.45) is 11.8 Å². The number of piperidine rings is 1. The summed E-state index contributed by atoms with van der Waals surface area (Å²) >= 11 is 0. The lowest BCUT2D eigenvalue weighted by Crippen LogP contribution is -2.35. The summed E-state index contributed by atoms with van der Waals surface area (Å²) in [6.45, 7) is 10.5. The standard InChI is InChI=1S/C16H23FN2O.C9H17NO/c1-11(2)16(20)18-13-6-7-15(14(17)9-13)19-8-4-5-12(3)10-19;1-2-10(8-11)9-6-4-3-5-7-9/h6-7,9,11-12H,4-5,8,10H2,1-3H3,(H,18,20);8-9H,2-7H2,1H3. The summed E-state index contributed by atoms with van der Waals surface area (Å²) < 4.78 is 14.2. The second kappa shape index (κ2) is 12.7. The van der Waals surface area contributed by atoms with Crippen molar-refractivity contribution in [1.82, 2.24) is 4.90 Å². The van der Waals surface area contributed by atoms with Crippen LogP contribution in [0.25, 0.3) is 0 Å². The van der Waals surface area contributed by atoms with Crippen LogP contribution in [0.4, 0.5) is 15.8 Å². The number of carbonyl (C=O) groups is 2. The van der Waals surface area contributed by atoms with E-state index in [2.05, 4.69) is 17.1 Å². The molecule has 2 aliphatic rings. The van der Waals surface area contributed by atoms with Crippen LogP contribution in [-0.4, -0.2) is 42.9 Å². The van der Waals surface area contributed by atoms with Crippen molar-refractivity contribution in [3.8, 4) is 0 Å². The number of rotatable bonds is 6. The minimum absolute atomic E-state index is 0.0938. The van der Waals surface area contributed by atoms with Crippen molar-refractivity contribution in [3.63, 3.8) is 0 Å². The summed E-state index contributed by atoms with van der Waals surface area (Å²) in [7, 11) is 0. The van der Waals surface area contributed by atoms with Gasteiger partial charge in [0.05, 0.1) is 5.69 Å². The first-order valence-corrected chi connectivity index (χ1v) is 11.9. The molecule has 2 amide bonds. The van der Waals surface area contributed by atoms with E-state index >= 15 is 0 Å². The van der Waals surface area contributed by atoms with Gasteiger partial charge in [-0.3, -0.25) is 9.59 Å². The van der Waals surface area contributed by atoms with Crippen molar-refractivity contribution < 1.29 is 14.0 Å². The van der Waals surface area contributed by atoms with E-state index < -0.39 is 0 Å². The van der Waals surface area contributed by atoms with Crippen LogP contribution in [-0.2, 0) is 9.59 Å². The Kier molecular flexibility index (Phi) is 10.3. The lowest BCUT2D eigenvalue weighted by molar-refractivity contribution is -0.120. The minimum Gasteiger partial charge on any atom is -0.369 e. The highest BCUT2D eigenvalue weighted by Gasteiger charge is 2.20. The Morgan fingerprint density at radius 1 is 1.23 bits per heavy atom. The van der Waals surface area contributed by atoms with Gasteiger partial charge in [0.25, 0.3) is 0 Å². The van der Waals surface area contributed by atoms with Crippen LogP contribution < -0.4 is 10.2 Å². The Hall–Kier alpha value is -2.11. The fourth-order valence-corrected chi connectivity index (χ4v) is 4.37. The summed E-state index contributed by atoms with van der Waals surface area (Å²) in [6.07, 6.45) is 9.69.